The molecule has 0 unspecified atom stereocenters. The van der Waals surface area contributed by atoms with Gasteiger partial charge in [0.2, 0.25) is 5.76 Å². The van der Waals surface area contributed by atoms with Crippen LogP contribution in [-0.2, 0) is 6.18 Å². The molecular weight excluding hydrogens is 275 g/mol. The molecule has 0 aliphatic carbocycles. The Labute approximate surface area is 110 Å². The Balaban J connectivity index is 2.23. The summed E-state index contributed by atoms with van der Waals surface area (Å²) in [5.41, 5.74) is -1.34. The zero-order valence-electron chi connectivity index (χ0n) is 9.90. The third kappa shape index (κ3) is 3.05. The van der Waals surface area contributed by atoms with Crippen LogP contribution >= 0.6 is 0 Å². The van der Waals surface area contributed by atoms with E-state index in [0.29, 0.717) is 6.07 Å². The summed E-state index contributed by atoms with van der Waals surface area (Å²) in [5, 5.41) is 2.19. The fourth-order valence-corrected chi connectivity index (χ4v) is 1.44. The molecule has 20 heavy (non-hydrogen) atoms. The summed E-state index contributed by atoms with van der Waals surface area (Å²) in [6.07, 6.45) is -4.75. The number of nitrogens with one attached hydrogen (secondary N) is 1. The van der Waals surface area contributed by atoms with E-state index in [1.165, 1.54) is 12.1 Å². The lowest BCUT2D eigenvalue weighted by atomic mass is 10.2. The van der Waals surface area contributed by atoms with Crippen LogP contribution in [0.1, 0.15) is 16.1 Å². The van der Waals surface area contributed by atoms with Gasteiger partial charge in [0.1, 0.15) is 5.69 Å². The Kier molecular flexibility index (Phi) is 3.60. The van der Waals surface area contributed by atoms with Gasteiger partial charge in [-0.3, -0.25) is 4.79 Å². The van der Waals surface area contributed by atoms with Gasteiger partial charge in [-0.2, -0.15) is 13.2 Å². The van der Waals surface area contributed by atoms with Crippen LogP contribution in [0.4, 0.5) is 18.9 Å². The Morgan fingerprint density at radius 2 is 1.70 bits per heavy atom. The molecule has 2 aromatic rings. The maximum Gasteiger partial charge on any atom is 0.449 e. The van der Waals surface area contributed by atoms with Crippen LogP contribution in [0, 0.1) is 0 Å². The summed E-state index contributed by atoms with van der Waals surface area (Å²) in [7, 11) is 0. The topological polar surface area (TPSA) is 59.3 Å². The number of alkyl halides is 3. The monoisotopic (exact) mass is 283 g/mol. The fourth-order valence-electron chi connectivity index (χ4n) is 1.44. The first-order valence-corrected chi connectivity index (χ1v) is 5.45. The Bertz CT molecular complexity index is 677. The number of hydrogen-bond acceptors (Lipinski definition) is 3. The molecule has 0 radical (unpaired) electrons. The second-order valence-electron chi connectivity index (χ2n) is 3.82. The van der Waals surface area contributed by atoms with Gasteiger partial charge in [0, 0.05) is 5.56 Å². The average molecular weight is 283 g/mol. The van der Waals surface area contributed by atoms with Crippen molar-refractivity contribution < 1.29 is 22.4 Å². The number of carbonyl (C=O) groups excluding carboxylic acids is 1. The minimum Gasteiger partial charge on any atom is -0.417 e. The van der Waals surface area contributed by atoms with E-state index in [0.717, 1.165) is 6.07 Å². The summed E-state index contributed by atoms with van der Waals surface area (Å²) in [5.74, 6) is -2.03. The van der Waals surface area contributed by atoms with E-state index >= 15 is 0 Å². The van der Waals surface area contributed by atoms with Crippen LogP contribution in [0.2, 0.25) is 0 Å². The van der Waals surface area contributed by atoms with E-state index in [-0.39, 0.29) is 11.3 Å². The normalized spacial score (nSPS) is 11.2. The molecule has 0 spiro atoms. The maximum atomic E-state index is 12.3. The summed E-state index contributed by atoms with van der Waals surface area (Å²) in [6, 6.07) is 9.37. The quantitative estimate of drug-likeness (QED) is 0.921. The zero-order valence-corrected chi connectivity index (χ0v) is 9.90. The Morgan fingerprint density at radius 1 is 1.05 bits per heavy atom. The molecule has 7 heteroatoms. The smallest absolute Gasteiger partial charge is 0.417 e. The highest BCUT2D eigenvalue weighted by Crippen LogP contribution is 2.28. The first kappa shape index (κ1) is 13.9. The van der Waals surface area contributed by atoms with Gasteiger partial charge >= 0.3 is 11.8 Å². The molecule has 1 amide bonds. The third-order valence-corrected chi connectivity index (χ3v) is 2.39. The summed E-state index contributed by atoms with van der Waals surface area (Å²) in [6.45, 7) is 0. The number of amides is 1. The highest BCUT2D eigenvalue weighted by molar-refractivity contribution is 6.04. The molecule has 1 heterocycles. The van der Waals surface area contributed by atoms with Crippen molar-refractivity contribution in [1.29, 1.82) is 0 Å². The van der Waals surface area contributed by atoms with E-state index in [4.69, 9.17) is 0 Å². The van der Waals surface area contributed by atoms with Gasteiger partial charge in [-0.15, -0.1) is 0 Å². The highest BCUT2D eigenvalue weighted by atomic mass is 19.4. The SMILES string of the molecule is O=C(Nc1ccc(C(F)(F)F)oc1=O)c1ccccc1. The van der Waals surface area contributed by atoms with E-state index in [1.54, 1.807) is 18.2 Å². The van der Waals surface area contributed by atoms with Crippen LogP contribution in [0.3, 0.4) is 0 Å². The van der Waals surface area contributed by atoms with Crippen LogP contribution in [0.15, 0.2) is 51.7 Å². The maximum absolute atomic E-state index is 12.3. The molecule has 1 aromatic heterocycles. The van der Waals surface area contributed by atoms with Gasteiger partial charge in [-0.25, -0.2) is 4.79 Å². The summed E-state index contributed by atoms with van der Waals surface area (Å²) < 4.78 is 41.0. The van der Waals surface area contributed by atoms with Gasteiger partial charge in [-0.1, -0.05) is 18.2 Å². The highest BCUT2D eigenvalue weighted by Gasteiger charge is 2.34. The van der Waals surface area contributed by atoms with Crippen molar-refractivity contribution in [2.75, 3.05) is 5.32 Å². The van der Waals surface area contributed by atoms with Gasteiger partial charge in [0.25, 0.3) is 5.91 Å². The Morgan fingerprint density at radius 3 is 2.25 bits per heavy atom. The largest absolute Gasteiger partial charge is 0.449 e. The van der Waals surface area contributed by atoms with Crippen molar-refractivity contribution in [3.05, 3.63) is 64.2 Å². The number of anilines is 1. The molecule has 0 aliphatic rings. The number of benzene rings is 1. The first-order chi connectivity index (χ1) is 9.38. The molecule has 0 bridgehead atoms. The molecule has 1 aromatic carbocycles. The molecule has 1 N–H and O–H groups in total. The van der Waals surface area contributed by atoms with Gasteiger partial charge < -0.3 is 9.73 Å². The van der Waals surface area contributed by atoms with Crippen LogP contribution in [-0.4, -0.2) is 5.91 Å². The van der Waals surface area contributed by atoms with Gasteiger partial charge in [0.15, 0.2) is 0 Å². The fraction of sp³-hybridized carbons (Fsp3) is 0.0769. The van der Waals surface area contributed by atoms with E-state index in [1.807, 2.05) is 0 Å². The predicted octanol–water partition coefficient (Wildman–Crippen LogP) is 2.91. The second-order valence-corrected chi connectivity index (χ2v) is 3.82. The van der Waals surface area contributed by atoms with Crippen LogP contribution in [0.5, 0.6) is 0 Å². The summed E-state index contributed by atoms with van der Waals surface area (Å²) >= 11 is 0. The predicted molar refractivity (Wildman–Crippen MR) is 64.4 cm³/mol. The third-order valence-electron chi connectivity index (χ3n) is 2.39. The van der Waals surface area contributed by atoms with E-state index in [2.05, 4.69) is 9.73 Å². The molecule has 0 aliphatic heterocycles. The van der Waals surface area contributed by atoms with Crippen molar-refractivity contribution in [2.45, 2.75) is 6.18 Å². The number of halogens is 3. The van der Waals surface area contributed by atoms with Crippen molar-refractivity contribution in [3.63, 3.8) is 0 Å². The second kappa shape index (κ2) is 5.20. The van der Waals surface area contributed by atoms with Gasteiger partial charge in [-0.05, 0) is 24.3 Å². The zero-order chi connectivity index (χ0) is 14.8. The molecule has 104 valence electrons. The van der Waals surface area contributed by atoms with Gasteiger partial charge in [0.05, 0.1) is 0 Å². The Hall–Kier alpha value is -2.57. The first-order valence-electron chi connectivity index (χ1n) is 5.45. The lowest BCUT2D eigenvalue weighted by Gasteiger charge is -2.06. The van der Waals surface area contributed by atoms with Crippen molar-refractivity contribution in [3.8, 4) is 0 Å². The number of carbonyl (C=O) groups is 1. The molecule has 0 saturated carbocycles. The molecule has 0 saturated heterocycles. The lowest BCUT2D eigenvalue weighted by molar-refractivity contribution is -0.154. The number of rotatable bonds is 2. The van der Waals surface area contributed by atoms with E-state index in [9.17, 15) is 22.8 Å². The molecule has 2 rings (SSSR count). The standard InChI is InChI=1S/C13H8F3NO3/c14-13(15,16)10-7-6-9(12(19)20-10)17-11(18)8-4-2-1-3-5-8/h1-7H,(H,17,18). The lowest BCUT2D eigenvalue weighted by Crippen LogP contribution is -2.19. The van der Waals surface area contributed by atoms with Crippen LogP contribution < -0.4 is 10.9 Å². The minimum atomic E-state index is -4.75. The molecule has 4 nitrogen and oxygen atoms in total. The molecule has 0 fully saturated rings. The number of hydrogen-bond donors (Lipinski definition) is 1. The van der Waals surface area contributed by atoms with Crippen molar-refractivity contribution in [1.82, 2.24) is 0 Å². The van der Waals surface area contributed by atoms with Crippen LogP contribution in [0.25, 0.3) is 0 Å². The molecule has 0 atom stereocenters. The van der Waals surface area contributed by atoms with Crippen molar-refractivity contribution in [2.24, 2.45) is 0 Å². The van der Waals surface area contributed by atoms with E-state index < -0.39 is 23.5 Å². The van der Waals surface area contributed by atoms with Crippen molar-refractivity contribution >= 4 is 11.6 Å². The molecular formula is C13H8F3NO3. The summed E-state index contributed by atoms with van der Waals surface area (Å²) in [4.78, 5) is 23.1. The average Bonchev–Trinajstić information content (AvgIpc) is 2.41. The minimum absolute atomic E-state index is 0.270.